The predicted molar refractivity (Wildman–Crippen MR) is 118 cm³/mol. The van der Waals surface area contributed by atoms with Gasteiger partial charge in [0.15, 0.2) is 12.5 Å². The van der Waals surface area contributed by atoms with Crippen molar-refractivity contribution in [2.75, 3.05) is 26.9 Å². The van der Waals surface area contributed by atoms with Crippen molar-refractivity contribution in [3.05, 3.63) is 62.9 Å². The second-order valence-corrected chi connectivity index (χ2v) is 9.74. The molecule has 4 atom stereocenters. The van der Waals surface area contributed by atoms with Crippen LogP contribution in [0.25, 0.3) is 0 Å². The first-order valence-electron chi connectivity index (χ1n) is 10.7. The summed E-state index contributed by atoms with van der Waals surface area (Å²) in [6, 6.07) is 7.71. The molecule has 1 aromatic carbocycles. The van der Waals surface area contributed by atoms with E-state index in [1.807, 2.05) is 0 Å². The molecule has 12 nitrogen and oxygen atoms in total. The van der Waals surface area contributed by atoms with E-state index in [0.717, 1.165) is 0 Å². The van der Waals surface area contributed by atoms with Crippen LogP contribution in [0.2, 0.25) is 0 Å². The van der Waals surface area contributed by atoms with Crippen LogP contribution in [-0.4, -0.2) is 59.4 Å². The van der Waals surface area contributed by atoms with Gasteiger partial charge in [-0.1, -0.05) is 18.2 Å². The molecule has 0 radical (unpaired) electrons. The standard InChI is InChI=1S/C21H26N3O9P/c1-14-11-23(21(27)22-19(14)25)17-12-30-18(32-17)13-31-34(28,33-15-7-4-3-5-8-15)24-10-6-9-16(24)20(26)29-2/h3-5,7-8,11,16-18H,6,9-10,12-13H2,1-2H3,(H,22,25,27)/t16-,17+,18+,34?/m0/s1. The molecular formula is C21H26N3O9P. The number of aromatic nitrogens is 2. The SMILES string of the molecule is COC(=O)[C@@H]1CCCN1P(=O)(OC[C@@H]1OC[C@H](n2cc(C)c(=O)[nH]c2=O)O1)Oc1ccccc1. The number of esters is 1. The number of hydrogen-bond acceptors (Lipinski definition) is 9. The lowest BCUT2D eigenvalue weighted by atomic mass is 10.2. The third-order valence-corrected chi connectivity index (χ3v) is 7.56. The summed E-state index contributed by atoms with van der Waals surface area (Å²) >= 11 is 0. The molecule has 1 aromatic heterocycles. The molecule has 2 fully saturated rings. The zero-order chi connectivity index (χ0) is 24.3. The topological polar surface area (TPSA) is 138 Å². The van der Waals surface area contributed by atoms with Crippen molar-refractivity contribution in [1.82, 2.24) is 14.2 Å². The number of rotatable bonds is 8. The number of aryl methyl sites for hydroxylation is 1. The second-order valence-electron chi connectivity index (χ2n) is 7.85. The van der Waals surface area contributed by atoms with Crippen LogP contribution in [0, 0.1) is 6.92 Å². The van der Waals surface area contributed by atoms with Crippen molar-refractivity contribution < 1.29 is 32.6 Å². The highest BCUT2D eigenvalue weighted by Crippen LogP contribution is 2.55. The molecule has 34 heavy (non-hydrogen) atoms. The number of ether oxygens (including phenoxy) is 3. The normalized spacial score (nSPS) is 24.6. The van der Waals surface area contributed by atoms with Crippen molar-refractivity contribution in [2.45, 2.75) is 38.3 Å². The average molecular weight is 495 g/mol. The monoisotopic (exact) mass is 495 g/mol. The van der Waals surface area contributed by atoms with E-state index in [1.165, 1.54) is 22.5 Å². The summed E-state index contributed by atoms with van der Waals surface area (Å²) in [6.07, 6.45) is 0.674. The fourth-order valence-electron chi connectivity index (χ4n) is 3.82. The Labute approximate surface area is 194 Å². The molecule has 0 saturated carbocycles. The number of aromatic amines is 1. The molecule has 0 spiro atoms. The zero-order valence-electron chi connectivity index (χ0n) is 18.7. The molecule has 2 saturated heterocycles. The van der Waals surface area contributed by atoms with E-state index < -0.39 is 43.5 Å². The maximum Gasteiger partial charge on any atom is 0.462 e. The predicted octanol–water partition coefficient (Wildman–Crippen LogP) is 1.56. The summed E-state index contributed by atoms with van der Waals surface area (Å²) < 4.78 is 44.2. The van der Waals surface area contributed by atoms with Crippen LogP contribution in [0.3, 0.4) is 0 Å². The molecule has 0 amide bonds. The first-order chi connectivity index (χ1) is 16.3. The number of nitrogens with one attached hydrogen (secondary N) is 1. The summed E-state index contributed by atoms with van der Waals surface area (Å²) in [7, 11) is -2.76. The summed E-state index contributed by atoms with van der Waals surface area (Å²) in [6.45, 7) is 1.60. The number of methoxy groups -OCH3 is 1. The second kappa shape index (κ2) is 10.2. The van der Waals surface area contributed by atoms with Gasteiger partial charge in [0.05, 0.1) is 13.7 Å². The number of para-hydroxylation sites is 1. The van der Waals surface area contributed by atoms with Gasteiger partial charge in [-0.25, -0.2) is 9.36 Å². The van der Waals surface area contributed by atoms with E-state index >= 15 is 0 Å². The molecule has 2 aromatic rings. The van der Waals surface area contributed by atoms with Crippen molar-refractivity contribution in [2.24, 2.45) is 0 Å². The molecule has 13 heteroatoms. The van der Waals surface area contributed by atoms with Crippen LogP contribution in [0.5, 0.6) is 5.75 Å². The van der Waals surface area contributed by atoms with Crippen LogP contribution in [0.4, 0.5) is 0 Å². The lowest BCUT2D eigenvalue weighted by Crippen LogP contribution is -2.37. The molecule has 0 aliphatic carbocycles. The Bertz CT molecular complexity index is 1180. The van der Waals surface area contributed by atoms with Crippen LogP contribution in [0.15, 0.2) is 46.1 Å². The maximum absolute atomic E-state index is 13.9. The smallest absolute Gasteiger partial charge is 0.462 e. The van der Waals surface area contributed by atoms with Gasteiger partial charge in [0.1, 0.15) is 18.4 Å². The summed E-state index contributed by atoms with van der Waals surface area (Å²) in [5.41, 5.74) is -0.779. The van der Waals surface area contributed by atoms with Gasteiger partial charge in [-0.2, -0.15) is 4.67 Å². The molecule has 2 aliphatic heterocycles. The number of nitrogens with zero attached hydrogens (tertiary/aromatic N) is 2. The first kappa shape index (κ1) is 24.4. The largest absolute Gasteiger partial charge is 0.468 e. The fraction of sp³-hybridized carbons (Fsp3) is 0.476. The third kappa shape index (κ3) is 5.16. The van der Waals surface area contributed by atoms with E-state index in [0.29, 0.717) is 30.7 Å². The van der Waals surface area contributed by atoms with Gasteiger partial charge in [-0.15, -0.1) is 0 Å². The van der Waals surface area contributed by atoms with E-state index in [1.54, 1.807) is 37.3 Å². The van der Waals surface area contributed by atoms with Crippen molar-refractivity contribution >= 4 is 13.7 Å². The van der Waals surface area contributed by atoms with Gasteiger partial charge < -0.3 is 18.7 Å². The van der Waals surface area contributed by atoms with Gasteiger partial charge in [-0.3, -0.25) is 23.7 Å². The summed E-state index contributed by atoms with van der Waals surface area (Å²) in [4.78, 5) is 38.2. The number of carbonyl (C=O) groups is 1. The van der Waals surface area contributed by atoms with Crippen LogP contribution < -0.4 is 15.8 Å². The maximum atomic E-state index is 13.9. The highest BCUT2D eigenvalue weighted by Gasteiger charge is 2.47. The average Bonchev–Trinajstić information content (AvgIpc) is 3.51. The minimum absolute atomic E-state index is 0.0117. The lowest BCUT2D eigenvalue weighted by Gasteiger charge is -2.30. The molecule has 1 N–H and O–H groups in total. The lowest BCUT2D eigenvalue weighted by molar-refractivity contribution is -0.144. The Balaban J connectivity index is 1.49. The van der Waals surface area contributed by atoms with E-state index in [4.69, 9.17) is 23.3 Å². The summed E-state index contributed by atoms with van der Waals surface area (Å²) in [5, 5.41) is 0. The molecule has 3 heterocycles. The van der Waals surface area contributed by atoms with Gasteiger partial charge in [0.25, 0.3) is 5.56 Å². The number of benzene rings is 1. The Kier molecular flexibility index (Phi) is 7.34. The van der Waals surface area contributed by atoms with Crippen LogP contribution >= 0.6 is 7.75 Å². The quantitative estimate of drug-likeness (QED) is 0.424. The van der Waals surface area contributed by atoms with Gasteiger partial charge in [0, 0.05) is 18.3 Å². The van der Waals surface area contributed by atoms with Crippen LogP contribution in [0.1, 0.15) is 24.6 Å². The third-order valence-electron chi connectivity index (χ3n) is 5.54. The molecule has 0 bridgehead atoms. The molecule has 184 valence electrons. The van der Waals surface area contributed by atoms with Crippen molar-refractivity contribution in [1.29, 1.82) is 0 Å². The van der Waals surface area contributed by atoms with E-state index in [2.05, 4.69) is 4.98 Å². The minimum atomic E-state index is -4.02. The highest BCUT2D eigenvalue weighted by molar-refractivity contribution is 7.51. The summed E-state index contributed by atoms with van der Waals surface area (Å²) in [5.74, 6) is -0.220. The fourth-order valence-corrected chi connectivity index (χ4v) is 5.76. The van der Waals surface area contributed by atoms with Gasteiger partial charge >= 0.3 is 19.4 Å². The number of H-pyrrole nitrogens is 1. The molecule has 1 unspecified atom stereocenters. The van der Waals surface area contributed by atoms with Gasteiger partial charge in [-0.05, 0) is 31.9 Å². The zero-order valence-corrected chi connectivity index (χ0v) is 19.6. The first-order valence-corrected chi connectivity index (χ1v) is 12.2. The van der Waals surface area contributed by atoms with Crippen molar-refractivity contribution in [3.63, 3.8) is 0 Å². The number of hydrogen-bond donors (Lipinski definition) is 1. The van der Waals surface area contributed by atoms with Crippen LogP contribution in [-0.2, 0) is 28.1 Å². The number of carbonyl (C=O) groups excluding carboxylic acids is 1. The molecule has 2 aliphatic rings. The Morgan fingerprint density at radius 2 is 2.03 bits per heavy atom. The molecule has 4 rings (SSSR count). The Morgan fingerprint density at radius 3 is 2.76 bits per heavy atom. The van der Waals surface area contributed by atoms with Gasteiger partial charge in [0.2, 0.25) is 0 Å². The Hall–Kier alpha value is -2.76. The van der Waals surface area contributed by atoms with Crippen molar-refractivity contribution in [3.8, 4) is 5.75 Å². The van der Waals surface area contributed by atoms with E-state index in [9.17, 15) is 18.9 Å². The minimum Gasteiger partial charge on any atom is -0.468 e. The molecular weight excluding hydrogens is 469 g/mol. The highest BCUT2D eigenvalue weighted by atomic mass is 31.2. The van der Waals surface area contributed by atoms with E-state index in [-0.39, 0.29) is 13.2 Å². The Morgan fingerprint density at radius 1 is 1.26 bits per heavy atom.